The Hall–Kier alpha value is -2.36. The first-order chi connectivity index (χ1) is 10.5. The van der Waals surface area contributed by atoms with Crippen molar-refractivity contribution in [3.8, 4) is 5.75 Å². The van der Waals surface area contributed by atoms with Crippen LogP contribution in [0.5, 0.6) is 5.75 Å². The van der Waals surface area contributed by atoms with Crippen molar-refractivity contribution in [1.29, 1.82) is 0 Å². The Morgan fingerprint density at radius 2 is 1.82 bits per heavy atom. The molecule has 0 aliphatic heterocycles. The first kappa shape index (κ1) is 16.0. The number of rotatable bonds is 6. The van der Waals surface area contributed by atoms with E-state index in [9.17, 15) is 14.3 Å². The number of carboxylic acids is 1. The minimum atomic E-state index is -0.920. The third-order valence-corrected chi connectivity index (χ3v) is 3.73. The molecule has 22 heavy (non-hydrogen) atoms. The quantitative estimate of drug-likeness (QED) is 0.882. The molecule has 1 unspecified atom stereocenters. The molecule has 4 heteroatoms. The lowest BCUT2D eigenvalue weighted by Crippen LogP contribution is -2.16. The number of aliphatic carboxylic acids is 1. The number of carbonyl (C=O) groups is 1. The van der Waals surface area contributed by atoms with Crippen LogP contribution in [0.3, 0.4) is 0 Å². The van der Waals surface area contributed by atoms with Gasteiger partial charge in [-0.05, 0) is 42.2 Å². The first-order valence-electron chi connectivity index (χ1n) is 7.19. The molecule has 0 aliphatic rings. The van der Waals surface area contributed by atoms with Crippen LogP contribution in [0.15, 0.2) is 42.5 Å². The minimum absolute atomic E-state index is 0.291. The number of hydrogen-bond acceptors (Lipinski definition) is 2. The Kier molecular flexibility index (Phi) is 5.15. The molecule has 1 atom stereocenters. The zero-order valence-electron chi connectivity index (χ0n) is 12.7. The van der Waals surface area contributed by atoms with Crippen molar-refractivity contribution in [3.63, 3.8) is 0 Å². The SMILES string of the molecule is CCc1ccc(OC)c(C(Cc2ccc(F)cc2)C(=O)O)c1. The predicted octanol–water partition coefficient (Wildman–Crippen LogP) is 3.81. The van der Waals surface area contributed by atoms with Crippen molar-refractivity contribution >= 4 is 5.97 Å². The number of benzene rings is 2. The van der Waals surface area contributed by atoms with Gasteiger partial charge in [0.15, 0.2) is 0 Å². The first-order valence-corrected chi connectivity index (χ1v) is 7.19. The van der Waals surface area contributed by atoms with E-state index in [1.54, 1.807) is 18.2 Å². The fourth-order valence-electron chi connectivity index (χ4n) is 2.46. The summed E-state index contributed by atoms with van der Waals surface area (Å²) in [5.74, 6) is -1.42. The van der Waals surface area contributed by atoms with E-state index in [1.807, 2.05) is 19.1 Å². The van der Waals surface area contributed by atoms with Crippen molar-refractivity contribution in [1.82, 2.24) is 0 Å². The second-order valence-electron chi connectivity index (χ2n) is 5.15. The summed E-state index contributed by atoms with van der Waals surface area (Å²) in [4.78, 5) is 11.7. The van der Waals surface area contributed by atoms with Gasteiger partial charge in [-0.3, -0.25) is 4.79 Å². The highest BCUT2D eigenvalue weighted by Gasteiger charge is 2.24. The lowest BCUT2D eigenvalue weighted by molar-refractivity contribution is -0.138. The Bertz CT molecular complexity index is 650. The van der Waals surface area contributed by atoms with Crippen LogP contribution in [0.4, 0.5) is 4.39 Å². The van der Waals surface area contributed by atoms with Crippen molar-refractivity contribution < 1.29 is 19.0 Å². The van der Waals surface area contributed by atoms with Gasteiger partial charge in [0.25, 0.3) is 0 Å². The summed E-state index contributed by atoms with van der Waals surface area (Å²) in [6.07, 6.45) is 1.11. The molecule has 2 rings (SSSR count). The molecular weight excluding hydrogens is 283 g/mol. The lowest BCUT2D eigenvalue weighted by Gasteiger charge is -2.17. The van der Waals surface area contributed by atoms with Crippen LogP contribution >= 0.6 is 0 Å². The summed E-state index contributed by atoms with van der Waals surface area (Å²) >= 11 is 0. The normalized spacial score (nSPS) is 12.0. The van der Waals surface area contributed by atoms with E-state index in [0.717, 1.165) is 17.5 Å². The van der Waals surface area contributed by atoms with Gasteiger partial charge >= 0.3 is 5.97 Å². The molecule has 0 fully saturated rings. The number of halogens is 1. The van der Waals surface area contributed by atoms with Crippen molar-refractivity contribution in [2.75, 3.05) is 7.11 Å². The van der Waals surface area contributed by atoms with Crippen molar-refractivity contribution in [2.24, 2.45) is 0 Å². The van der Waals surface area contributed by atoms with Crippen LogP contribution in [0.1, 0.15) is 29.5 Å². The van der Waals surface area contributed by atoms with Gasteiger partial charge in [0.2, 0.25) is 0 Å². The number of ether oxygens (including phenoxy) is 1. The van der Waals surface area contributed by atoms with Crippen molar-refractivity contribution in [2.45, 2.75) is 25.7 Å². The summed E-state index contributed by atoms with van der Waals surface area (Å²) in [6, 6.07) is 11.5. The highest BCUT2D eigenvalue weighted by atomic mass is 19.1. The molecule has 0 saturated heterocycles. The Labute approximate surface area is 129 Å². The number of methoxy groups -OCH3 is 1. The van der Waals surface area contributed by atoms with Gasteiger partial charge in [0, 0.05) is 5.56 Å². The molecule has 1 N–H and O–H groups in total. The Balaban J connectivity index is 2.39. The van der Waals surface area contributed by atoms with Crippen molar-refractivity contribution in [3.05, 3.63) is 65.0 Å². The fourth-order valence-corrected chi connectivity index (χ4v) is 2.46. The third-order valence-electron chi connectivity index (χ3n) is 3.73. The van der Waals surface area contributed by atoms with Gasteiger partial charge < -0.3 is 9.84 Å². The molecule has 0 radical (unpaired) electrons. The summed E-state index contributed by atoms with van der Waals surface area (Å²) in [5.41, 5.74) is 2.48. The maximum absolute atomic E-state index is 13.0. The van der Waals surface area contributed by atoms with E-state index in [2.05, 4.69) is 0 Å². The molecular formula is C18H19FO3. The summed E-state index contributed by atoms with van der Waals surface area (Å²) in [7, 11) is 1.53. The third kappa shape index (κ3) is 3.64. The Morgan fingerprint density at radius 1 is 1.18 bits per heavy atom. The topological polar surface area (TPSA) is 46.5 Å². The van der Waals surface area contributed by atoms with Gasteiger partial charge in [0.05, 0.1) is 13.0 Å². The van der Waals surface area contributed by atoms with Crippen LogP contribution in [0.25, 0.3) is 0 Å². The average molecular weight is 302 g/mol. The van der Waals surface area contributed by atoms with E-state index in [-0.39, 0.29) is 5.82 Å². The molecule has 0 bridgehead atoms. The zero-order valence-corrected chi connectivity index (χ0v) is 12.7. The largest absolute Gasteiger partial charge is 0.496 e. The monoisotopic (exact) mass is 302 g/mol. The Morgan fingerprint density at radius 3 is 2.36 bits per heavy atom. The molecule has 0 heterocycles. The molecule has 2 aromatic rings. The molecule has 0 saturated carbocycles. The summed E-state index contributed by atoms with van der Waals surface area (Å²) in [5, 5.41) is 9.60. The van der Waals surface area contributed by atoms with E-state index in [0.29, 0.717) is 17.7 Å². The molecule has 116 valence electrons. The molecule has 2 aromatic carbocycles. The smallest absolute Gasteiger partial charge is 0.311 e. The molecule has 0 aliphatic carbocycles. The van der Waals surface area contributed by atoms with Gasteiger partial charge in [-0.1, -0.05) is 31.2 Å². The maximum Gasteiger partial charge on any atom is 0.311 e. The molecule has 3 nitrogen and oxygen atoms in total. The van der Waals surface area contributed by atoms with Crippen LogP contribution < -0.4 is 4.74 Å². The number of hydrogen-bond donors (Lipinski definition) is 1. The van der Waals surface area contributed by atoms with Crippen LogP contribution in [0, 0.1) is 5.82 Å². The predicted molar refractivity (Wildman–Crippen MR) is 82.9 cm³/mol. The van der Waals surface area contributed by atoms with Gasteiger partial charge in [-0.25, -0.2) is 4.39 Å². The number of carboxylic acid groups (broad SMARTS) is 1. The van der Waals surface area contributed by atoms with Crippen LogP contribution in [-0.4, -0.2) is 18.2 Å². The van der Waals surface area contributed by atoms with E-state index < -0.39 is 11.9 Å². The van der Waals surface area contributed by atoms with E-state index >= 15 is 0 Å². The zero-order chi connectivity index (χ0) is 16.1. The van der Waals surface area contributed by atoms with E-state index in [4.69, 9.17) is 4.74 Å². The highest BCUT2D eigenvalue weighted by molar-refractivity contribution is 5.78. The van der Waals surface area contributed by atoms with Gasteiger partial charge in [0.1, 0.15) is 11.6 Å². The number of aryl methyl sites for hydroxylation is 1. The molecule has 0 spiro atoms. The molecule has 0 aromatic heterocycles. The summed E-state index contributed by atoms with van der Waals surface area (Å²) < 4.78 is 18.3. The summed E-state index contributed by atoms with van der Waals surface area (Å²) in [6.45, 7) is 2.02. The molecule has 0 amide bonds. The highest BCUT2D eigenvalue weighted by Crippen LogP contribution is 2.31. The lowest BCUT2D eigenvalue weighted by atomic mass is 9.90. The average Bonchev–Trinajstić information content (AvgIpc) is 2.53. The van der Waals surface area contributed by atoms with Gasteiger partial charge in [-0.2, -0.15) is 0 Å². The standard InChI is InChI=1S/C18H19FO3/c1-3-12-6-9-17(22-2)15(10-12)16(18(20)21)11-13-4-7-14(19)8-5-13/h4-10,16H,3,11H2,1-2H3,(H,20,21). The maximum atomic E-state index is 13.0. The second-order valence-corrected chi connectivity index (χ2v) is 5.15. The van der Waals surface area contributed by atoms with Crippen LogP contribution in [0.2, 0.25) is 0 Å². The minimum Gasteiger partial charge on any atom is -0.496 e. The fraction of sp³-hybridized carbons (Fsp3) is 0.278. The van der Waals surface area contributed by atoms with E-state index in [1.165, 1.54) is 19.2 Å². The second kappa shape index (κ2) is 7.07. The van der Waals surface area contributed by atoms with Gasteiger partial charge in [-0.15, -0.1) is 0 Å². The van der Waals surface area contributed by atoms with Crippen LogP contribution in [-0.2, 0) is 17.6 Å².